The summed E-state index contributed by atoms with van der Waals surface area (Å²) in [6.45, 7) is 4.30. The summed E-state index contributed by atoms with van der Waals surface area (Å²) in [6.07, 6.45) is 3.78. The summed E-state index contributed by atoms with van der Waals surface area (Å²) >= 11 is 0. The van der Waals surface area contributed by atoms with E-state index in [1.165, 1.54) is 12.8 Å². The molecule has 1 fully saturated rings. The summed E-state index contributed by atoms with van der Waals surface area (Å²) in [5, 5.41) is 0.985. The van der Waals surface area contributed by atoms with Crippen molar-refractivity contribution in [1.82, 2.24) is 14.9 Å². The van der Waals surface area contributed by atoms with Crippen LogP contribution in [0.25, 0.3) is 22.2 Å². The fraction of sp³-hybridized carbons (Fsp3) is 0.214. The molecule has 1 N–H and O–H groups in total. The van der Waals surface area contributed by atoms with Crippen LogP contribution in [0.4, 0.5) is 5.69 Å². The number of likely N-dealkylation sites (N-methyl/N-ethyl adjacent to an activating group) is 1. The second-order valence-electron chi connectivity index (χ2n) is 8.48. The number of hydrogen-bond donors (Lipinski definition) is 1. The number of nitrogens with one attached hydrogen (secondary N) is 1. The Hall–Kier alpha value is -4.08. The van der Waals surface area contributed by atoms with Gasteiger partial charge in [0.25, 0.3) is 0 Å². The van der Waals surface area contributed by atoms with E-state index in [0.717, 1.165) is 59.5 Å². The predicted octanol–water partition coefficient (Wildman–Crippen LogP) is 4.17. The van der Waals surface area contributed by atoms with E-state index in [1.807, 2.05) is 24.5 Å². The quantitative estimate of drug-likeness (QED) is 0.375. The van der Waals surface area contributed by atoms with Crippen molar-refractivity contribution >= 4 is 22.7 Å². The van der Waals surface area contributed by atoms with Crippen molar-refractivity contribution in [3.8, 4) is 23.0 Å². The Labute approximate surface area is 199 Å². The number of H-pyrrole nitrogens is 1. The van der Waals surface area contributed by atoms with Crippen LogP contribution in [0.15, 0.2) is 67.0 Å². The third-order valence-electron chi connectivity index (χ3n) is 6.25. The van der Waals surface area contributed by atoms with Crippen LogP contribution in [0.3, 0.4) is 0 Å². The maximum atomic E-state index is 11.6. The van der Waals surface area contributed by atoms with E-state index in [9.17, 15) is 4.79 Å². The van der Waals surface area contributed by atoms with Gasteiger partial charge in [-0.25, -0.2) is 9.78 Å². The van der Waals surface area contributed by atoms with E-state index in [-0.39, 0.29) is 5.97 Å². The number of piperazine rings is 1. The van der Waals surface area contributed by atoms with E-state index >= 15 is 0 Å². The maximum Gasteiger partial charge on any atom is 0.337 e. The highest BCUT2D eigenvalue weighted by Gasteiger charge is 2.14. The number of pyridine rings is 1. The van der Waals surface area contributed by atoms with Crippen molar-refractivity contribution < 1.29 is 9.53 Å². The number of aromatic nitrogens is 2. The van der Waals surface area contributed by atoms with E-state index in [4.69, 9.17) is 4.74 Å². The minimum Gasteiger partial charge on any atom is -0.465 e. The van der Waals surface area contributed by atoms with Crippen LogP contribution in [0.1, 0.15) is 21.5 Å². The predicted molar refractivity (Wildman–Crippen MR) is 135 cm³/mol. The lowest BCUT2D eigenvalue weighted by atomic mass is 10.0. The number of esters is 1. The van der Waals surface area contributed by atoms with E-state index in [2.05, 4.69) is 69.0 Å². The van der Waals surface area contributed by atoms with Crippen LogP contribution >= 0.6 is 0 Å². The molecule has 0 radical (unpaired) electrons. The number of carbonyl (C=O) groups is 1. The first-order chi connectivity index (χ1) is 16.6. The Morgan fingerprint density at radius 1 is 0.971 bits per heavy atom. The van der Waals surface area contributed by atoms with Gasteiger partial charge in [0.2, 0.25) is 0 Å². The van der Waals surface area contributed by atoms with Gasteiger partial charge < -0.3 is 19.5 Å². The highest BCUT2D eigenvalue weighted by molar-refractivity contribution is 5.89. The number of benzene rings is 2. The summed E-state index contributed by atoms with van der Waals surface area (Å²) in [7, 11) is 3.54. The van der Waals surface area contributed by atoms with Gasteiger partial charge in [-0.2, -0.15) is 0 Å². The smallest absolute Gasteiger partial charge is 0.337 e. The first kappa shape index (κ1) is 21.7. The van der Waals surface area contributed by atoms with Crippen molar-refractivity contribution in [2.24, 2.45) is 0 Å². The molecule has 170 valence electrons. The molecule has 1 saturated heterocycles. The lowest BCUT2D eigenvalue weighted by Gasteiger charge is -2.34. The molecule has 2 aromatic carbocycles. The van der Waals surface area contributed by atoms with Crippen LogP contribution in [-0.4, -0.2) is 61.2 Å². The molecule has 6 heteroatoms. The lowest BCUT2D eigenvalue weighted by molar-refractivity contribution is 0.0600. The van der Waals surface area contributed by atoms with Gasteiger partial charge in [0.15, 0.2) is 0 Å². The van der Waals surface area contributed by atoms with Crippen molar-refractivity contribution in [3.63, 3.8) is 0 Å². The van der Waals surface area contributed by atoms with Gasteiger partial charge in [0.1, 0.15) is 5.65 Å². The van der Waals surface area contributed by atoms with Gasteiger partial charge >= 0.3 is 5.97 Å². The van der Waals surface area contributed by atoms with Gasteiger partial charge in [0.05, 0.1) is 18.2 Å². The number of fused-ring (bicyclic) bond motifs is 1. The van der Waals surface area contributed by atoms with Crippen molar-refractivity contribution in [2.45, 2.75) is 0 Å². The zero-order valence-electron chi connectivity index (χ0n) is 19.3. The van der Waals surface area contributed by atoms with Crippen LogP contribution in [0.5, 0.6) is 0 Å². The number of nitrogens with zero attached hydrogens (tertiary/aromatic N) is 3. The molecule has 0 saturated carbocycles. The van der Waals surface area contributed by atoms with Gasteiger partial charge in [-0.05, 0) is 55.1 Å². The summed E-state index contributed by atoms with van der Waals surface area (Å²) in [5.41, 5.74) is 6.47. The zero-order valence-corrected chi connectivity index (χ0v) is 19.3. The summed E-state index contributed by atoms with van der Waals surface area (Å²) in [4.78, 5) is 24.2. The van der Waals surface area contributed by atoms with Gasteiger partial charge in [-0.3, -0.25) is 0 Å². The molecule has 0 spiro atoms. The minimum atomic E-state index is -0.355. The molecule has 4 aromatic rings. The number of ether oxygens (including phenoxy) is 1. The fourth-order valence-electron chi connectivity index (χ4n) is 4.14. The van der Waals surface area contributed by atoms with Crippen molar-refractivity contribution in [1.29, 1.82) is 0 Å². The second-order valence-corrected chi connectivity index (χ2v) is 8.48. The normalized spacial score (nSPS) is 14.0. The number of hydrogen-bond acceptors (Lipinski definition) is 5. The van der Waals surface area contributed by atoms with E-state index in [1.54, 1.807) is 12.1 Å². The van der Waals surface area contributed by atoms with Crippen molar-refractivity contribution in [2.75, 3.05) is 45.2 Å². The third kappa shape index (κ3) is 4.52. The second kappa shape index (κ2) is 9.42. The van der Waals surface area contributed by atoms with Gasteiger partial charge in [0, 0.05) is 60.8 Å². The Balaban J connectivity index is 1.37. The maximum absolute atomic E-state index is 11.6. The monoisotopic (exact) mass is 450 g/mol. The first-order valence-corrected chi connectivity index (χ1v) is 11.3. The lowest BCUT2D eigenvalue weighted by Crippen LogP contribution is -2.44. The van der Waals surface area contributed by atoms with Crippen LogP contribution in [-0.2, 0) is 4.74 Å². The molecule has 1 aliphatic heterocycles. The average Bonchev–Trinajstić information content (AvgIpc) is 3.30. The highest BCUT2D eigenvalue weighted by Crippen LogP contribution is 2.27. The molecule has 1 aliphatic rings. The van der Waals surface area contributed by atoms with E-state index < -0.39 is 0 Å². The summed E-state index contributed by atoms with van der Waals surface area (Å²) < 4.78 is 4.74. The molecule has 5 rings (SSSR count). The number of rotatable bonds is 3. The molecule has 0 amide bonds. The average molecular weight is 451 g/mol. The Morgan fingerprint density at radius 3 is 2.41 bits per heavy atom. The largest absolute Gasteiger partial charge is 0.465 e. The summed E-state index contributed by atoms with van der Waals surface area (Å²) in [6, 6.07) is 17.9. The Kier molecular flexibility index (Phi) is 6.03. The highest BCUT2D eigenvalue weighted by atomic mass is 16.5. The van der Waals surface area contributed by atoms with Gasteiger partial charge in [-0.1, -0.05) is 24.0 Å². The fourth-order valence-corrected chi connectivity index (χ4v) is 4.14. The third-order valence-corrected chi connectivity index (χ3v) is 6.25. The van der Waals surface area contributed by atoms with Crippen LogP contribution < -0.4 is 4.90 Å². The zero-order chi connectivity index (χ0) is 23.5. The SMILES string of the molecule is COC(=O)c1ccc(C#Cc2c[nH]c3ncc(-c4ccc(N5CCN(C)CC5)cc4)cc23)cc1. The molecule has 6 nitrogen and oxygen atoms in total. The molecule has 3 heterocycles. The van der Waals surface area contributed by atoms with Gasteiger partial charge in [-0.15, -0.1) is 0 Å². The number of anilines is 1. The number of methoxy groups -OCH3 is 1. The van der Waals surface area contributed by atoms with Crippen molar-refractivity contribution in [3.05, 3.63) is 83.7 Å². The molecule has 34 heavy (non-hydrogen) atoms. The number of carbonyl (C=O) groups excluding carboxylic acids is 1. The Bertz CT molecular complexity index is 1370. The first-order valence-electron chi connectivity index (χ1n) is 11.3. The topological polar surface area (TPSA) is 61.5 Å². The number of aromatic amines is 1. The van der Waals surface area contributed by atoms with E-state index in [0.29, 0.717) is 5.56 Å². The van der Waals surface area contributed by atoms with Crippen LogP contribution in [0, 0.1) is 11.8 Å². The molecule has 0 atom stereocenters. The molecular weight excluding hydrogens is 424 g/mol. The standard InChI is InChI=1S/C28H26N4O2/c1-31-13-15-32(16-14-31)25-11-9-21(10-12-25)24-17-26-23(18-29-27(26)30-19-24)8-5-20-3-6-22(7-4-20)28(33)34-2/h3-4,6-7,9-12,17-19H,13-16H2,1-2H3,(H,29,30). The Morgan fingerprint density at radius 2 is 1.71 bits per heavy atom. The molecular formula is C28H26N4O2. The molecule has 0 aliphatic carbocycles. The van der Waals surface area contributed by atoms with Crippen LogP contribution in [0.2, 0.25) is 0 Å². The molecule has 0 bridgehead atoms. The molecule has 0 unspecified atom stereocenters. The minimum absolute atomic E-state index is 0.355. The summed E-state index contributed by atoms with van der Waals surface area (Å²) in [5.74, 6) is 6.05. The molecule has 2 aromatic heterocycles.